The summed E-state index contributed by atoms with van der Waals surface area (Å²) in [5.74, 6) is 2.46. The van der Waals surface area contributed by atoms with Gasteiger partial charge >= 0.3 is 0 Å². The van der Waals surface area contributed by atoms with Crippen molar-refractivity contribution in [3.63, 3.8) is 0 Å². The van der Waals surface area contributed by atoms with Gasteiger partial charge in [-0.3, -0.25) is 0 Å². The zero-order chi connectivity index (χ0) is 13.0. The summed E-state index contributed by atoms with van der Waals surface area (Å²) < 4.78 is 11.4. The first-order valence-electron chi connectivity index (χ1n) is 6.25. The summed E-state index contributed by atoms with van der Waals surface area (Å²) >= 11 is 0. The highest BCUT2D eigenvalue weighted by Gasteiger charge is 2.15. The van der Waals surface area contributed by atoms with Gasteiger partial charge in [0.25, 0.3) is 0 Å². The van der Waals surface area contributed by atoms with Crippen LogP contribution in [0.1, 0.15) is 30.1 Å². The molecule has 1 aromatic carbocycles. The Morgan fingerprint density at radius 1 is 1.17 bits per heavy atom. The molecule has 96 valence electrons. The van der Waals surface area contributed by atoms with Crippen molar-refractivity contribution in [1.82, 2.24) is 0 Å². The highest BCUT2D eigenvalue weighted by molar-refractivity contribution is 5.28. The summed E-state index contributed by atoms with van der Waals surface area (Å²) in [6.07, 6.45) is 0.795. The van der Waals surface area contributed by atoms with Crippen molar-refractivity contribution in [3.05, 3.63) is 53.5 Å². The predicted octanol–water partition coefficient (Wildman–Crippen LogP) is 3.23. The Bertz CT molecular complexity index is 487. The molecule has 18 heavy (non-hydrogen) atoms. The Hall–Kier alpha value is -1.74. The van der Waals surface area contributed by atoms with Gasteiger partial charge in [0.1, 0.15) is 17.3 Å². The first kappa shape index (κ1) is 12.7. The maximum atomic E-state index is 5.84. The van der Waals surface area contributed by atoms with Crippen LogP contribution in [0.3, 0.4) is 0 Å². The van der Waals surface area contributed by atoms with E-state index in [0.717, 1.165) is 23.7 Å². The molecule has 2 N–H and O–H groups in total. The molecule has 0 saturated heterocycles. The van der Waals surface area contributed by atoms with Crippen LogP contribution < -0.4 is 10.5 Å². The summed E-state index contributed by atoms with van der Waals surface area (Å²) in [7, 11) is 0. The van der Waals surface area contributed by atoms with Crippen LogP contribution in [0, 0.1) is 6.92 Å². The van der Waals surface area contributed by atoms with Crippen LogP contribution in [0.2, 0.25) is 0 Å². The molecule has 0 aliphatic rings. The van der Waals surface area contributed by atoms with Crippen LogP contribution in [0.5, 0.6) is 5.75 Å². The van der Waals surface area contributed by atoms with Crippen molar-refractivity contribution >= 4 is 0 Å². The molecule has 3 heteroatoms. The number of aryl methyl sites for hydroxylation is 2. The van der Waals surface area contributed by atoms with Crippen molar-refractivity contribution in [2.45, 2.75) is 26.4 Å². The molecule has 1 heterocycles. The van der Waals surface area contributed by atoms with E-state index in [-0.39, 0.29) is 6.10 Å². The zero-order valence-corrected chi connectivity index (χ0v) is 10.8. The minimum atomic E-state index is -0.230. The monoisotopic (exact) mass is 245 g/mol. The first-order chi connectivity index (χ1) is 8.72. The zero-order valence-electron chi connectivity index (χ0n) is 10.8. The van der Waals surface area contributed by atoms with Crippen LogP contribution in [0.25, 0.3) is 0 Å². The molecule has 0 aliphatic heterocycles. The number of nitrogens with two attached hydrogens (primary N) is 1. The van der Waals surface area contributed by atoms with Gasteiger partial charge in [0.15, 0.2) is 6.10 Å². The van der Waals surface area contributed by atoms with E-state index < -0.39 is 0 Å². The number of rotatable bonds is 5. The molecular formula is C15H19NO2. The minimum absolute atomic E-state index is 0.230. The Kier molecular flexibility index (Phi) is 4.05. The number of ether oxygens (including phenoxy) is 1. The van der Waals surface area contributed by atoms with Crippen LogP contribution in [0.4, 0.5) is 0 Å². The fourth-order valence-electron chi connectivity index (χ4n) is 1.82. The standard InChI is InChI=1S/C15H19NO2/c1-3-12-5-7-13(8-6-12)18-15(10-16)14-9-4-11(2)17-14/h4-9,15H,3,10,16H2,1-2H3. The smallest absolute Gasteiger partial charge is 0.168 e. The molecule has 1 unspecified atom stereocenters. The predicted molar refractivity (Wildman–Crippen MR) is 71.7 cm³/mol. The van der Waals surface area contributed by atoms with Crippen molar-refractivity contribution in [3.8, 4) is 5.75 Å². The van der Waals surface area contributed by atoms with E-state index in [4.69, 9.17) is 14.9 Å². The average Bonchev–Trinajstić information content (AvgIpc) is 2.83. The Morgan fingerprint density at radius 3 is 2.39 bits per heavy atom. The molecule has 0 bridgehead atoms. The SMILES string of the molecule is CCc1ccc(OC(CN)c2ccc(C)o2)cc1. The molecule has 3 nitrogen and oxygen atoms in total. The first-order valence-corrected chi connectivity index (χ1v) is 6.25. The molecule has 2 aromatic rings. The molecular weight excluding hydrogens is 226 g/mol. The van der Waals surface area contributed by atoms with Gasteiger partial charge < -0.3 is 14.9 Å². The normalized spacial score (nSPS) is 12.4. The van der Waals surface area contributed by atoms with Crippen molar-refractivity contribution in [2.24, 2.45) is 5.73 Å². The molecule has 0 spiro atoms. The number of furan rings is 1. The number of benzene rings is 1. The third-order valence-electron chi connectivity index (χ3n) is 2.90. The lowest BCUT2D eigenvalue weighted by Crippen LogP contribution is -2.17. The van der Waals surface area contributed by atoms with Gasteiger partial charge in [-0.15, -0.1) is 0 Å². The van der Waals surface area contributed by atoms with Crippen molar-refractivity contribution < 1.29 is 9.15 Å². The molecule has 0 radical (unpaired) electrons. The summed E-state index contributed by atoms with van der Waals surface area (Å²) in [6, 6.07) is 11.9. The van der Waals surface area contributed by atoms with Crippen LogP contribution in [0.15, 0.2) is 40.8 Å². The molecule has 1 aromatic heterocycles. The fourth-order valence-corrected chi connectivity index (χ4v) is 1.82. The van der Waals surface area contributed by atoms with Gasteiger partial charge in [0.05, 0.1) is 0 Å². The van der Waals surface area contributed by atoms with Crippen molar-refractivity contribution in [2.75, 3.05) is 6.54 Å². The second-order valence-corrected chi connectivity index (χ2v) is 4.29. The molecule has 0 fully saturated rings. The van der Waals surface area contributed by atoms with Gasteiger partial charge in [-0.25, -0.2) is 0 Å². The van der Waals surface area contributed by atoms with Gasteiger partial charge in [0.2, 0.25) is 0 Å². The minimum Gasteiger partial charge on any atom is -0.481 e. The summed E-state index contributed by atoms with van der Waals surface area (Å²) in [6.45, 7) is 4.43. The Morgan fingerprint density at radius 2 is 1.89 bits per heavy atom. The fraction of sp³-hybridized carbons (Fsp3) is 0.333. The van der Waals surface area contributed by atoms with Crippen LogP contribution in [-0.4, -0.2) is 6.54 Å². The van der Waals surface area contributed by atoms with Crippen LogP contribution in [-0.2, 0) is 6.42 Å². The third-order valence-corrected chi connectivity index (χ3v) is 2.90. The number of hydrogen-bond acceptors (Lipinski definition) is 3. The maximum absolute atomic E-state index is 5.84. The van der Waals surface area contributed by atoms with Gasteiger partial charge in [0, 0.05) is 6.54 Å². The van der Waals surface area contributed by atoms with Crippen molar-refractivity contribution in [1.29, 1.82) is 0 Å². The Labute approximate surface area is 108 Å². The van der Waals surface area contributed by atoms with Gasteiger partial charge in [-0.1, -0.05) is 19.1 Å². The highest BCUT2D eigenvalue weighted by Crippen LogP contribution is 2.23. The highest BCUT2D eigenvalue weighted by atomic mass is 16.5. The molecule has 0 aliphatic carbocycles. The summed E-state index contributed by atoms with van der Waals surface area (Å²) in [4.78, 5) is 0. The topological polar surface area (TPSA) is 48.4 Å². The second-order valence-electron chi connectivity index (χ2n) is 4.29. The molecule has 2 rings (SSSR count). The second kappa shape index (κ2) is 5.74. The van der Waals surface area contributed by atoms with E-state index in [1.165, 1.54) is 5.56 Å². The van der Waals surface area contributed by atoms with E-state index in [0.29, 0.717) is 6.54 Å². The lowest BCUT2D eigenvalue weighted by atomic mass is 10.2. The largest absolute Gasteiger partial charge is 0.481 e. The molecule has 0 saturated carbocycles. The summed E-state index contributed by atoms with van der Waals surface area (Å²) in [5.41, 5.74) is 7.03. The van der Waals surface area contributed by atoms with E-state index >= 15 is 0 Å². The summed E-state index contributed by atoms with van der Waals surface area (Å²) in [5, 5.41) is 0. The quantitative estimate of drug-likeness (QED) is 0.879. The average molecular weight is 245 g/mol. The van der Waals surface area contributed by atoms with Crippen LogP contribution >= 0.6 is 0 Å². The van der Waals surface area contributed by atoms with Gasteiger partial charge in [-0.2, -0.15) is 0 Å². The van der Waals surface area contributed by atoms with E-state index in [1.54, 1.807) is 0 Å². The van der Waals surface area contributed by atoms with Gasteiger partial charge in [-0.05, 0) is 43.2 Å². The Balaban J connectivity index is 2.10. The molecule has 1 atom stereocenters. The third kappa shape index (κ3) is 2.93. The van der Waals surface area contributed by atoms with E-state index in [9.17, 15) is 0 Å². The molecule has 0 amide bonds. The lowest BCUT2D eigenvalue weighted by Gasteiger charge is -2.15. The van der Waals surface area contributed by atoms with E-state index in [1.807, 2.05) is 31.2 Å². The lowest BCUT2D eigenvalue weighted by molar-refractivity contribution is 0.182. The maximum Gasteiger partial charge on any atom is 0.168 e. The van der Waals surface area contributed by atoms with E-state index in [2.05, 4.69) is 19.1 Å². The number of hydrogen-bond donors (Lipinski definition) is 1.